The molecule has 0 bridgehead atoms. The Labute approximate surface area is 206 Å². The van der Waals surface area contributed by atoms with E-state index in [1.54, 1.807) is 57.5 Å². The van der Waals surface area contributed by atoms with E-state index in [1.807, 2.05) is 6.07 Å². The number of benzene rings is 2. The van der Waals surface area contributed by atoms with Crippen molar-refractivity contribution in [1.82, 2.24) is 10.6 Å². The molecule has 8 nitrogen and oxygen atoms in total. The monoisotopic (exact) mass is 482 g/mol. The first kappa shape index (κ1) is 25.9. The molecule has 35 heavy (non-hydrogen) atoms. The fourth-order valence-electron chi connectivity index (χ4n) is 3.92. The highest BCUT2D eigenvalue weighted by atomic mass is 16.5. The summed E-state index contributed by atoms with van der Waals surface area (Å²) in [6.07, 6.45) is 4.41. The largest absolute Gasteiger partial charge is 0.497 e. The summed E-state index contributed by atoms with van der Waals surface area (Å²) in [6.45, 7) is 4.70. The van der Waals surface area contributed by atoms with Gasteiger partial charge in [0.25, 0.3) is 0 Å². The van der Waals surface area contributed by atoms with Gasteiger partial charge in [0.05, 0.1) is 44.7 Å². The van der Waals surface area contributed by atoms with Gasteiger partial charge in [0, 0.05) is 0 Å². The number of hydrogen-bond donors (Lipinski definition) is 2. The number of carbonyl (C=O) groups excluding carboxylic acids is 2. The maximum Gasteiger partial charge on any atom is 0.338 e. The first-order chi connectivity index (χ1) is 17.0. The second-order valence-electron chi connectivity index (χ2n) is 8.09. The molecule has 1 aliphatic heterocycles. The van der Waals surface area contributed by atoms with Crippen LogP contribution in [0, 0.1) is 0 Å². The maximum absolute atomic E-state index is 13.1. The van der Waals surface area contributed by atoms with Gasteiger partial charge in [0.1, 0.15) is 5.75 Å². The Balaban J connectivity index is 1.98. The lowest BCUT2D eigenvalue weighted by Gasteiger charge is -2.30. The van der Waals surface area contributed by atoms with E-state index in [0.717, 1.165) is 19.3 Å². The lowest BCUT2D eigenvalue weighted by Crippen LogP contribution is -2.45. The molecular formula is C27H34N2O6. The van der Waals surface area contributed by atoms with Gasteiger partial charge in [-0.2, -0.15) is 0 Å². The van der Waals surface area contributed by atoms with Crippen molar-refractivity contribution in [2.75, 3.05) is 27.4 Å². The predicted octanol–water partition coefficient (Wildman–Crippen LogP) is 4.99. The zero-order chi connectivity index (χ0) is 25.2. The van der Waals surface area contributed by atoms with Crippen molar-refractivity contribution in [3.05, 3.63) is 59.2 Å². The average Bonchev–Trinajstić information content (AvgIpc) is 2.88. The molecule has 1 unspecified atom stereocenters. The van der Waals surface area contributed by atoms with Crippen LogP contribution in [0.15, 0.2) is 48.0 Å². The van der Waals surface area contributed by atoms with Crippen LogP contribution in [0.25, 0.3) is 5.70 Å². The standard InChI is InChI=1S/C27H34N2O6/c1-5-7-8-9-16-35-21-15-12-19(17-22(21)33-4)25-23(26(30)34-6-2)24(28-27(31)29-25)18-10-13-20(32-3)14-11-18/h10-15,17,25H,5-9,16H2,1-4H3,(H2,28,29,31). The minimum atomic E-state index is -0.743. The number of ether oxygens (including phenoxy) is 4. The molecule has 0 aromatic heterocycles. The number of methoxy groups -OCH3 is 2. The summed E-state index contributed by atoms with van der Waals surface area (Å²) in [5.41, 5.74) is 2.01. The number of unbranched alkanes of at least 4 members (excludes halogenated alkanes) is 3. The van der Waals surface area contributed by atoms with E-state index in [0.29, 0.717) is 46.3 Å². The second kappa shape index (κ2) is 12.7. The van der Waals surface area contributed by atoms with E-state index >= 15 is 0 Å². The van der Waals surface area contributed by atoms with Gasteiger partial charge in [-0.25, -0.2) is 9.59 Å². The molecular weight excluding hydrogens is 448 g/mol. The highest BCUT2D eigenvalue weighted by Crippen LogP contribution is 2.36. The molecule has 2 amide bonds. The lowest BCUT2D eigenvalue weighted by molar-refractivity contribution is -0.138. The van der Waals surface area contributed by atoms with Gasteiger partial charge in [-0.05, 0) is 60.9 Å². The zero-order valence-corrected chi connectivity index (χ0v) is 20.8. The smallest absolute Gasteiger partial charge is 0.338 e. The summed E-state index contributed by atoms with van der Waals surface area (Å²) in [6, 6.07) is 11.3. The van der Waals surface area contributed by atoms with Crippen molar-refractivity contribution in [3.8, 4) is 17.2 Å². The SMILES string of the molecule is CCCCCCOc1ccc(C2NC(=O)NC(c3ccc(OC)cc3)=C2C(=O)OCC)cc1OC. The van der Waals surface area contributed by atoms with Gasteiger partial charge in [0.2, 0.25) is 0 Å². The third kappa shape index (κ3) is 6.47. The van der Waals surface area contributed by atoms with Crippen molar-refractivity contribution in [2.24, 2.45) is 0 Å². The summed E-state index contributed by atoms with van der Waals surface area (Å²) in [7, 11) is 3.14. The van der Waals surface area contributed by atoms with Crippen LogP contribution in [-0.4, -0.2) is 39.4 Å². The third-order valence-corrected chi connectivity index (χ3v) is 5.72. The van der Waals surface area contributed by atoms with Crippen LogP contribution in [0.1, 0.15) is 56.7 Å². The minimum absolute atomic E-state index is 0.201. The lowest BCUT2D eigenvalue weighted by atomic mass is 9.92. The van der Waals surface area contributed by atoms with Gasteiger partial charge < -0.3 is 29.6 Å². The number of nitrogens with one attached hydrogen (secondary N) is 2. The van der Waals surface area contributed by atoms with Gasteiger partial charge in [0.15, 0.2) is 11.5 Å². The highest BCUT2D eigenvalue weighted by Gasteiger charge is 2.34. The molecule has 8 heteroatoms. The topological polar surface area (TPSA) is 95.1 Å². The summed E-state index contributed by atoms with van der Waals surface area (Å²) in [5, 5.41) is 5.63. The number of esters is 1. The van der Waals surface area contributed by atoms with Crippen LogP contribution in [0.4, 0.5) is 4.79 Å². The van der Waals surface area contributed by atoms with Crippen LogP contribution in [0.3, 0.4) is 0 Å². The molecule has 188 valence electrons. The molecule has 2 aromatic carbocycles. The van der Waals surface area contributed by atoms with Crippen LogP contribution in [-0.2, 0) is 9.53 Å². The molecule has 0 saturated heterocycles. The van der Waals surface area contributed by atoms with Crippen molar-refractivity contribution in [1.29, 1.82) is 0 Å². The Hall–Kier alpha value is -3.68. The van der Waals surface area contributed by atoms with E-state index in [-0.39, 0.29) is 6.61 Å². The Bertz CT molecular complexity index is 1050. The first-order valence-corrected chi connectivity index (χ1v) is 12.0. The highest BCUT2D eigenvalue weighted by molar-refractivity contribution is 6.04. The molecule has 1 aliphatic rings. The van der Waals surface area contributed by atoms with E-state index in [2.05, 4.69) is 17.6 Å². The van der Waals surface area contributed by atoms with E-state index in [9.17, 15) is 9.59 Å². The molecule has 0 aliphatic carbocycles. The quantitative estimate of drug-likeness (QED) is 0.327. The summed E-state index contributed by atoms with van der Waals surface area (Å²) in [4.78, 5) is 25.7. The average molecular weight is 483 g/mol. The second-order valence-corrected chi connectivity index (χ2v) is 8.09. The van der Waals surface area contributed by atoms with E-state index < -0.39 is 18.0 Å². The normalized spacial score (nSPS) is 15.2. The van der Waals surface area contributed by atoms with Gasteiger partial charge in [-0.1, -0.05) is 32.3 Å². The Kier molecular flexibility index (Phi) is 9.40. The minimum Gasteiger partial charge on any atom is -0.497 e. The number of carbonyl (C=O) groups is 2. The summed E-state index contributed by atoms with van der Waals surface area (Å²) >= 11 is 0. The van der Waals surface area contributed by atoms with Gasteiger partial charge in [-0.3, -0.25) is 0 Å². The Morgan fingerprint density at radius 1 is 0.943 bits per heavy atom. The number of rotatable bonds is 12. The van der Waals surface area contributed by atoms with E-state index in [4.69, 9.17) is 18.9 Å². The van der Waals surface area contributed by atoms with Crippen LogP contribution >= 0.6 is 0 Å². The van der Waals surface area contributed by atoms with Gasteiger partial charge >= 0.3 is 12.0 Å². The van der Waals surface area contributed by atoms with Crippen molar-refractivity contribution in [2.45, 2.75) is 45.6 Å². The molecule has 2 N–H and O–H groups in total. The molecule has 0 spiro atoms. The Morgan fingerprint density at radius 2 is 1.71 bits per heavy atom. The first-order valence-electron chi connectivity index (χ1n) is 12.0. The van der Waals surface area contributed by atoms with Crippen LogP contribution < -0.4 is 24.8 Å². The van der Waals surface area contributed by atoms with Crippen molar-refractivity contribution >= 4 is 17.7 Å². The summed E-state index contributed by atoms with van der Waals surface area (Å²) < 4.78 is 22.1. The zero-order valence-electron chi connectivity index (χ0n) is 20.8. The van der Waals surface area contributed by atoms with Crippen molar-refractivity contribution in [3.63, 3.8) is 0 Å². The fraction of sp³-hybridized carbons (Fsp3) is 0.407. The maximum atomic E-state index is 13.1. The molecule has 2 aromatic rings. The number of urea groups is 1. The van der Waals surface area contributed by atoms with Crippen LogP contribution in [0.5, 0.6) is 17.2 Å². The summed E-state index contributed by atoms with van der Waals surface area (Å²) in [5.74, 6) is 1.29. The third-order valence-electron chi connectivity index (χ3n) is 5.72. The van der Waals surface area contributed by atoms with Crippen LogP contribution in [0.2, 0.25) is 0 Å². The Morgan fingerprint density at radius 3 is 2.37 bits per heavy atom. The molecule has 3 rings (SSSR count). The van der Waals surface area contributed by atoms with Gasteiger partial charge in [-0.15, -0.1) is 0 Å². The molecule has 0 fully saturated rings. The van der Waals surface area contributed by atoms with E-state index in [1.165, 1.54) is 6.42 Å². The molecule has 1 atom stereocenters. The van der Waals surface area contributed by atoms with Crippen molar-refractivity contribution < 1.29 is 28.5 Å². The molecule has 0 saturated carbocycles. The fourth-order valence-corrected chi connectivity index (χ4v) is 3.92. The molecule has 0 radical (unpaired) electrons. The molecule has 1 heterocycles. The number of hydrogen-bond acceptors (Lipinski definition) is 6. The predicted molar refractivity (Wildman–Crippen MR) is 134 cm³/mol. The number of amides is 2.